The Morgan fingerprint density at radius 2 is 1.91 bits per heavy atom. The standard InChI is InChI=1S/C35H31FN2O9/c1-45-28-15-20(18-40)14-23-29-24(33(42)37-10-12-39)17-26(30(41)32(29)47-31(23)28)38(11-9-19-5-4-7-22(36)13-19)34(43)25-16-21-6-2-3-8-27(21)46-35(25)44/h2-8,13-18,26,29-30,32,39,41H,9-12H2,1H3,(H,37,42)/t26-,29+,30+,32+/m1/s1. The van der Waals surface area contributed by atoms with Crippen molar-refractivity contribution in [1.29, 1.82) is 0 Å². The minimum atomic E-state index is -1.45. The molecular weight excluding hydrogens is 611 g/mol. The summed E-state index contributed by atoms with van der Waals surface area (Å²) in [5.74, 6) is -2.30. The Kier molecular flexibility index (Phi) is 8.88. The topological polar surface area (TPSA) is 156 Å². The molecule has 242 valence electrons. The largest absolute Gasteiger partial charge is 0.493 e. The Balaban J connectivity index is 1.47. The maximum atomic E-state index is 14.3. The van der Waals surface area contributed by atoms with Gasteiger partial charge in [-0.1, -0.05) is 30.3 Å². The van der Waals surface area contributed by atoms with E-state index in [4.69, 9.17) is 13.9 Å². The third-order valence-electron chi connectivity index (χ3n) is 8.43. The minimum absolute atomic E-state index is 0.0768. The van der Waals surface area contributed by atoms with Crippen LogP contribution in [0.25, 0.3) is 11.0 Å². The van der Waals surface area contributed by atoms with Gasteiger partial charge in [-0.05, 0) is 54.5 Å². The first kappa shape index (κ1) is 31.6. The zero-order valence-corrected chi connectivity index (χ0v) is 25.2. The lowest BCUT2D eigenvalue weighted by Crippen LogP contribution is -2.56. The fourth-order valence-electron chi connectivity index (χ4n) is 6.25. The summed E-state index contributed by atoms with van der Waals surface area (Å²) in [6, 6.07) is 15.7. The van der Waals surface area contributed by atoms with Crippen LogP contribution in [0.15, 0.2) is 87.6 Å². The molecule has 2 heterocycles. The van der Waals surface area contributed by atoms with Crippen molar-refractivity contribution in [2.24, 2.45) is 0 Å². The van der Waals surface area contributed by atoms with Crippen LogP contribution < -0.4 is 20.4 Å². The molecule has 1 aliphatic carbocycles. The first-order chi connectivity index (χ1) is 22.7. The first-order valence-electron chi connectivity index (χ1n) is 14.9. The van der Waals surface area contributed by atoms with Crippen LogP contribution in [0.1, 0.15) is 37.8 Å². The third kappa shape index (κ3) is 6.00. The van der Waals surface area contributed by atoms with Gasteiger partial charge in [0, 0.05) is 35.2 Å². The second-order valence-corrected chi connectivity index (χ2v) is 11.3. The summed E-state index contributed by atoms with van der Waals surface area (Å²) >= 11 is 0. The summed E-state index contributed by atoms with van der Waals surface area (Å²) < 4.78 is 31.2. The number of halogens is 1. The van der Waals surface area contributed by atoms with Gasteiger partial charge < -0.3 is 34.3 Å². The number of ether oxygens (including phenoxy) is 2. The molecule has 2 amide bonds. The van der Waals surface area contributed by atoms with E-state index in [1.54, 1.807) is 36.4 Å². The fraction of sp³-hybridized carbons (Fsp3) is 0.257. The summed E-state index contributed by atoms with van der Waals surface area (Å²) in [4.78, 5) is 54.0. The zero-order valence-electron chi connectivity index (χ0n) is 25.2. The molecule has 11 nitrogen and oxygen atoms in total. The SMILES string of the molecule is COc1cc(C=O)cc2c1O[C@@H]1[C@@H](O)[C@H](N(CCc3cccc(F)c3)C(=O)c3cc4ccccc4oc3=O)C=C(C(=O)NCCO)[C@H]21. The van der Waals surface area contributed by atoms with Gasteiger partial charge in [0.05, 0.1) is 25.7 Å². The molecule has 1 aromatic heterocycles. The molecule has 0 saturated carbocycles. The van der Waals surface area contributed by atoms with Crippen LogP contribution in [0.3, 0.4) is 0 Å². The maximum absolute atomic E-state index is 14.3. The quantitative estimate of drug-likeness (QED) is 0.175. The Labute approximate surface area is 267 Å². The van der Waals surface area contributed by atoms with Crippen LogP contribution in [0.5, 0.6) is 11.5 Å². The van der Waals surface area contributed by atoms with E-state index < -0.39 is 47.4 Å². The van der Waals surface area contributed by atoms with Crippen molar-refractivity contribution in [1.82, 2.24) is 10.2 Å². The zero-order chi connectivity index (χ0) is 33.2. The average molecular weight is 643 g/mol. The number of nitrogens with zero attached hydrogens (tertiary/aromatic N) is 1. The number of carbonyl (C=O) groups excluding carboxylic acids is 3. The number of fused-ring (bicyclic) bond motifs is 4. The summed E-state index contributed by atoms with van der Waals surface area (Å²) in [7, 11) is 1.39. The van der Waals surface area contributed by atoms with E-state index in [9.17, 15) is 33.8 Å². The second-order valence-electron chi connectivity index (χ2n) is 11.3. The van der Waals surface area contributed by atoms with Gasteiger partial charge in [0.25, 0.3) is 5.91 Å². The predicted octanol–water partition coefficient (Wildman–Crippen LogP) is 2.76. The molecule has 2 aliphatic rings. The number of hydrogen-bond donors (Lipinski definition) is 3. The molecule has 0 fully saturated rings. The predicted molar refractivity (Wildman–Crippen MR) is 167 cm³/mol. The van der Waals surface area contributed by atoms with E-state index in [1.165, 1.54) is 48.4 Å². The van der Waals surface area contributed by atoms with Crippen molar-refractivity contribution in [2.45, 2.75) is 30.6 Å². The van der Waals surface area contributed by atoms with Crippen LogP contribution >= 0.6 is 0 Å². The van der Waals surface area contributed by atoms with Crippen LogP contribution in [-0.4, -0.2) is 78.3 Å². The van der Waals surface area contributed by atoms with Crippen LogP contribution in [0, 0.1) is 5.82 Å². The first-order valence-corrected chi connectivity index (χ1v) is 14.9. The molecule has 1 aliphatic heterocycles. The lowest BCUT2D eigenvalue weighted by Gasteiger charge is -2.40. The van der Waals surface area contributed by atoms with Gasteiger partial charge in [-0.2, -0.15) is 0 Å². The molecule has 0 bridgehead atoms. The molecule has 3 aromatic carbocycles. The summed E-state index contributed by atoms with van der Waals surface area (Å²) in [6.07, 6.45) is -0.381. The average Bonchev–Trinajstić information content (AvgIpc) is 3.47. The van der Waals surface area contributed by atoms with Crippen molar-refractivity contribution >= 4 is 29.1 Å². The molecule has 4 aromatic rings. The van der Waals surface area contributed by atoms with E-state index in [2.05, 4.69) is 5.32 Å². The third-order valence-corrected chi connectivity index (χ3v) is 8.43. The summed E-state index contributed by atoms with van der Waals surface area (Å²) in [6.45, 7) is -0.515. The van der Waals surface area contributed by atoms with Gasteiger partial charge in [0.2, 0.25) is 5.91 Å². The summed E-state index contributed by atoms with van der Waals surface area (Å²) in [5.41, 5.74) is 0.426. The highest BCUT2D eigenvalue weighted by atomic mass is 19.1. The number of aliphatic hydroxyl groups is 2. The van der Waals surface area contributed by atoms with Crippen molar-refractivity contribution in [3.05, 3.63) is 117 Å². The fourth-order valence-corrected chi connectivity index (χ4v) is 6.25. The monoisotopic (exact) mass is 642 g/mol. The van der Waals surface area contributed by atoms with Gasteiger partial charge in [-0.15, -0.1) is 0 Å². The number of amides is 2. The normalized spacial score (nSPS) is 19.6. The Bertz CT molecular complexity index is 1960. The molecule has 0 unspecified atom stereocenters. The van der Waals surface area contributed by atoms with E-state index in [1.807, 2.05) is 0 Å². The molecule has 0 saturated heterocycles. The number of aldehydes is 1. The number of aliphatic hydroxyl groups excluding tert-OH is 2. The lowest BCUT2D eigenvalue weighted by atomic mass is 9.77. The molecular formula is C35H31FN2O9. The molecule has 0 radical (unpaired) electrons. The molecule has 6 rings (SSSR count). The summed E-state index contributed by atoms with van der Waals surface area (Å²) in [5, 5.41) is 24.4. The van der Waals surface area contributed by atoms with Crippen LogP contribution in [0.2, 0.25) is 0 Å². The van der Waals surface area contributed by atoms with E-state index in [0.717, 1.165) is 0 Å². The number of carbonyl (C=O) groups is 3. The second kappa shape index (κ2) is 13.2. The molecule has 47 heavy (non-hydrogen) atoms. The number of benzene rings is 3. The Morgan fingerprint density at radius 1 is 1.11 bits per heavy atom. The number of para-hydroxylation sites is 1. The number of nitrogens with one attached hydrogen (secondary N) is 1. The van der Waals surface area contributed by atoms with E-state index in [0.29, 0.717) is 22.8 Å². The minimum Gasteiger partial charge on any atom is -0.493 e. The van der Waals surface area contributed by atoms with Crippen molar-refractivity contribution in [2.75, 3.05) is 26.8 Å². The number of hydrogen-bond acceptors (Lipinski definition) is 9. The highest BCUT2D eigenvalue weighted by Crippen LogP contribution is 2.51. The Hall–Kier alpha value is -5.33. The Morgan fingerprint density at radius 3 is 2.66 bits per heavy atom. The molecule has 3 N–H and O–H groups in total. The molecule has 12 heteroatoms. The van der Waals surface area contributed by atoms with Crippen molar-refractivity contribution in [3.8, 4) is 11.5 Å². The van der Waals surface area contributed by atoms with E-state index in [-0.39, 0.29) is 59.9 Å². The van der Waals surface area contributed by atoms with Gasteiger partial charge in [-0.3, -0.25) is 14.4 Å². The van der Waals surface area contributed by atoms with Crippen LogP contribution in [0.4, 0.5) is 4.39 Å². The molecule has 0 spiro atoms. The smallest absolute Gasteiger partial charge is 0.349 e. The number of rotatable bonds is 10. The van der Waals surface area contributed by atoms with Crippen molar-refractivity contribution < 1.29 is 42.9 Å². The lowest BCUT2D eigenvalue weighted by molar-refractivity contribution is -0.118. The van der Waals surface area contributed by atoms with Crippen LogP contribution in [-0.2, 0) is 11.2 Å². The van der Waals surface area contributed by atoms with E-state index >= 15 is 0 Å². The molecule has 4 atom stereocenters. The maximum Gasteiger partial charge on any atom is 0.349 e. The number of methoxy groups -OCH3 is 1. The van der Waals surface area contributed by atoms with Crippen molar-refractivity contribution in [3.63, 3.8) is 0 Å². The van der Waals surface area contributed by atoms with Gasteiger partial charge in [0.15, 0.2) is 11.5 Å². The van der Waals surface area contributed by atoms with Gasteiger partial charge >= 0.3 is 5.63 Å². The highest BCUT2D eigenvalue weighted by molar-refractivity contribution is 5.99. The van der Waals surface area contributed by atoms with Gasteiger partial charge in [-0.25, -0.2) is 9.18 Å². The van der Waals surface area contributed by atoms with Gasteiger partial charge in [0.1, 0.15) is 35.5 Å². The highest BCUT2D eigenvalue weighted by Gasteiger charge is 2.51.